The lowest BCUT2D eigenvalue weighted by Gasteiger charge is -2.35. The molecule has 10 nitrogen and oxygen atoms in total. The van der Waals surface area contributed by atoms with Crippen molar-refractivity contribution in [2.45, 2.75) is 31.7 Å². The molecule has 3 heterocycles. The number of nitrogens with zero attached hydrogens (tertiary/aromatic N) is 4. The molecule has 0 radical (unpaired) electrons. The summed E-state index contributed by atoms with van der Waals surface area (Å²) in [6.45, 7) is 0.783. The molecule has 0 aromatic heterocycles. The van der Waals surface area contributed by atoms with Crippen molar-refractivity contribution in [3.63, 3.8) is 0 Å². The van der Waals surface area contributed by atoms with Crippen molar-refractivity contribution >= 4 is 34.8 Å². The molecule has 10 heteroatoms. The van der Waals surface area contributed by atoms with Gasteiger partial charge in [0.1, 0.15) is 11.4 Å². The van der Waals surface area contributed by atoms with E-state index >= 15 is 0 Å². The summed E-state index contributed by atoms with van der Waals surface area (Å²) in [6.07, 6.45) is 2.78. The zero-order chi connectivity index (χ0) is 26.1. The van der Waals surface area contributed by atoms with Gasteiger partial charge in [0, 0.05) is 37.4 Å². The molecule has 1 unspecified atom stereocenters. The molecule has 1 saturated heterocycles. The zero-order valence-electron chi connectivity index (χ0n) is 20.7. The number of ether oxygens (including phenoxy) is 1. The number of anilines is 3. The molecule has 2 N–H and O–H groups in total. The summed E-state index contributed by atoms with van der Waals surface area (Å²) >= 11 is 0. The number of methoxy groups -OCH3 is 1. The number of piperidine rings is 1. The molecule has 3 aliphatic heterocycles. The predicted molar refractivity (Wildman–Crippen MR) is 137 cm³/mol. The van der Waals surface area contributed by atoms with Crippen LogP contribution >= 0.6 is 0 Å². The number of hydrogen-bond donors (Lipinski definition) is 2. The van der Waals surface area contributed by atoms with E-state index in [1.54, 1.807) is 46.2 Å². The van der Waals surface area contributed by atoms with E-state index in [9.17, 15) is 24.6 Å². The van der Waals surface area contributed by atoms with Crippen LogP contribution < -0.4 is 19.5 Å². The highest BCUT2D eigenvalue weighted by Gasteiger charge is 2.48. The standard InChI is InChI=1S/C27H30N4O6/c1-37-21-11-9-20(10-12-21)31-24-22(25(27(35)36)30(31)16-17-32)13-15-29(26(24)34)19-7-5-18(6-8-19)28-14-3-2-4-23(28)33/h5-12,25,32H,2-4,13-17H2,1H3,(H,35,36). The van der Waals surface area contributed by atoms with Gasteiger partial charge in [-0.3, -0.25) is 19.4 Å². The Kier molecular flexibility index (Phi) is 6.86. The molecule has 0 spiro atoms. The van der Waals surface area contributed by atoms with Crippen LogP contribution in [0, 0.1) is 0 Å². The van der Waals surface area contributed by atoms with Gasteiger partial charge in [0.05, 0.1) is 19.4 Å². The van der Waals surface area contributed by atoms with E-state index in [4.69, 9.17) is 4.74 Å². The Morgan fingerprint density at radius 2 is 1.57 bits per heavy atom. The van der Waals surface area contributed by atoms with Crippen molar-refractivity contribution in [3.8, 4) is 5.75 Å². The summed E-state index contributed by atoms with van der Waals surface area (Å²) in [5.74, 6) is -0.656. The van der Waals surface area contributed by atoms with E-state index in [1.165, 1.54) is 5.01 Å². The van der Waals surface area contributed by atoms with Crippen molar-refractivity contribution < 1.29 is 29.3 Å². The lowest BCUT2D eigenvalue weighted by Crippen LogP contribution is -2.49. The number of carbonyl (C=O) groups excluding carboxylic acids is 2. The number of aliphatic hydroxyl groups is 1. The smallest absolute Gasteiger partial charge is 0.327 e. The Hall–Kier alpha value is -3.89. The molecule has 0 bridgehead atoms. The van der Waals surface area contributed by atoms with E-state index in [2.05, 4.69) is 0 Å². The fraction of sp³-hybridized carbons (Fsp3) is 0.370. The SMILES string of the molecule is COc1ccc(N2C3=C(CCN(c4ccc(N5CCCCC5=O)cc4)C3=O)C(C(=O)O)N2CCO)cc1. The number of carbonyl (C=O) groups is 3. The van der Waals surface area contributed by atoms with Gasteiger partial charge in [-0.2, -0.15) is 5.01 Å². The third-order valence-corrected chi connectivity index (χ3v) is 7.13. The first-order valence-corrected chi connectivity index (χ1v) is 12.4. The van der Waals surface area contributed by atoms with Crippen LogP contribution in [0.3, 0.4) is 0 Å². The Balaban J connectivity index is 1.49. The van der Waals surface area contributed by atoms with Crippen LogP contribution in [-0.2, 0) is 14.4 Å². The van der Waals surface area contributed by atoms with Gasteiger partial charge in [-0.15, -0.1) is 0 Å². The molecular formula is C27H30N4O6. The molecule has 194 valence electrons. The van der Waals surface area contributed by atoms with Gasteiger partial charge in [0.25, 0.3) is 5.91 Å². The molecule has 3 aliphatic rings. The molecule has 0 saturated carbocycles. The number of amides is 2. The number of carboxylic acid groups (broad SMARTS) is 1. The van der Waals surface area contributed by atoms with Crippen LogP contribution in [0.4, 0.5) is 17.1 Å². The van der Waals surface area contributed by atoms with Gasteiger partial charge in [-0.05, 0) is 73.4 Å². The Morgan fingerprint density at radius 3 is 2.16 bits per heavy atom. The average Bonchev–Trinajstić information content (AvgIpc) is 3.24. The third kappa shape index (κ3) is 4.42. The number of rotatable bonds is 7. The second-order valence-corrected chi connectivity index (χ2v) is 9.24. The molecule has 37 heavy (non-hydrogen) atoms. The number of hydrazine groups is 1. The van der Waals surface area contributed by atoms with Crippen LogP contribution in [0.15, 0.2) is 59.8 Å². The maximum Gasteiger partial charge on any atom is 0.327 e. The summed E-state index contributed by atoms with van der Waals surface area (Å²) in [4.78, 5) is 42.0. The largest absolute Gasteiger partial charge is 0.497 e. The van der Waals surface area contributed by atoms with Gasteiger partial charge in [0.2, 0.25) is 5.91 Å². The van der Waals surface area contributed by atoms with E-state index < -0.39 is 12.0 Å². The van der Waals surface area contributed by atoms with Crippen molar-refractivity contribution in [2.75, 3.05) is 48.2 Å². The van der Waals surface area contributed by atoms with E-state index in [0.717, 1.165) is 18.5 Å². The number of β-amino-alcohol motifs (C(OH)–C–C–N with tert-alkyl or cyclic N) is 1. The molecule has 1 fully saturated rings. The minimum absolute atomic E-state index is 0.0435. The van der Waals surface area contributed by atoms with Crippen molar-refractivity contribution in [1.29, 1.82) is 0 Å². The molecule has 2 aromatic rings. The summed E-state index contributed by atoms with van der Waals surface area (Å²) in [5.41, 5.74) is 2.88. The highest BCUT2D eigenvalue weighted by molar-refractivity contribution is 6.11. The zero-order valence-corrected chi connectivity index (χ0v) is 20.7. The van der Waals surface area contributed by atoms with Gasteiger partial charge >= 0.3 is 5.97 Å². The highest BCUT2D eigenvalue weighted by Crippen LogP contribution is 2.40. The first-order valence-electron chi connectivity index (χ1n) is 12.4. The van der Waals surface area contributed by atoms with Crippen molar-refractivity contribution in [3.05, 3.63) is 59.8 Å². The number of carboxylic acids is 1. The lowest BCUT2D eigenvalue weighted by atomic mass is 9.98. The molecule has 2 aromatic carbocycles. The Morgan fingerprint density at radius 1 is 0.919 bits per heavy atom. The highest BCUT2D eigenvalue weighted by atomic mass is 16.5. The molecule has 0 aliphatic carbocycles. The molecular weight excluding hydrogens is 476 g/mol. The maximum absolute atomic E-state index is 13.9. The predicted octanol–water partition coefficient (Wildman–Crippen LogP) is 2.39. The Bertz CT molecular complexity index is 1230. The lowest BCUT2D eigenvalue weighted by molar-refractivity contribution is -0.141. The van der Waals surface area contributed by atoms with Crippen molar-refractivity contribution in [2.24, 2.45) is 0 Å². The minimum Gasteiger partial charge on any atom is -0.497 e. The van der Waals surface area contributed by atoms with Crippen LogP contribution in [0.1, 0.15) is 25.7 Å². The van der Waals surface area contributed by atoms with Crippen molar-refractivity contribution in [1.82, 2.24) is 5.01 Å². The van der Waals surface area contributed by atoms with Gasteiger partial charge < -0.3 is 24.7 Å². The van der Waals surface area contributed by atoms with Crippen LogP contribution in [0.25, 0.3) is 0 Å². The fourth-order valence-electron chi connectivity index (χ4n) is 5.38. The average molecular weight is 507 g/mol. The van der Waals surface area contributed by atoms with Crippen LogP contribution in [-0.4, -0.2) is 72.4 Å². The minimum atomic E-state index is -1.08. The van der Waals surface area contributed by atoms with E-state index in [1.807, 2.05) is 24.3 Å². The Labute approximate surface area is 214 Å². The van der Waals surface area contributed by atoms with E-state index in [-0.39, 0.29) is 30.7 Å². The van der Waals surface area contributed by atoms with Gasteiger partial charge in [-0.25, -0.2) is 0 Å². The summed E-state index contributed by atoms with van der Waals surface area (Å²) < 4.78 is 5.25. The second-order valence-electron chi connectivity index (χ2n) is 9.24. The number of aliphatic hydroxyl groups excluding tert-OH is 1. The molecule has 2 amide bonds. The monoisotopic (exact) mass is 506 g/mol. The number of aliphatic carboxylic acids is 1. The summed E-state index contributed by atoms with van der Waals surface area (Å²) in [6, 6.07) is 13.3. The second kappa shape index (κ2) is 10.2. The third-order valence-electron chi connectivity index (χ3n) is 7.13. The van der Waals surface area contributed by atoms with E-state index in [0.29, 0.717) is 48.6 Å². The summed E-state index contributed by atoms with van der Waals surface area (Å²) in [7, 11) is 1.55. The first-order chi connectivity index (χ1) is 17.9. The topological polar surface area (TPSA) is 114 Å². The van der Waals surface area contributed by atoms with Gasteiger partial charge in [-0.1, -0.05) is 0 Å². The fourth-order valence-corrected chi connectivity index (χ4v) is 5.38. The number of hydrogen-bond acceptors (Lipinski definition) is 7. The quantitative estimate of drug-likeness (QED) is 0.589. The summed E-state index contributed by atoms with van der Waals surface area (Å²) in [5, 5.41) is 23.0. The van der Waals surface area contributed by atoms with Crippen LogP contribution in [0.5, 0.6) is 5.75 Å². The maximum atomic E-state index is 13.9. The number of benzene rings is 2. The van der Waals surface area contributed by atoms with Crippen LogP contribution in [0.2, 0.25) is 0 Å². The van der Waals surface area contributed by atoms with Gasteiger partial charge in [0.15, 0.2) is 6.04 Å². The molecule has 1 atom stereocenters. The first kappa shape index (κ1) is 24.8. The normalized spacial score (nSPS) is 20.5. The molecule has 5 rings (SSSR count).